The van der Waals surface area contributed by atoms with Crippen LogP contribution in [0.25, 0.3) is 0 Å². The van der Waals surface area contributed by atoms with Crippen molar-refractivity contribution in [1.29, 1.82) is 0 Å². The van der Waals surface area contributed by atoms with Gasteiger partial charge in [0.05, 0.1) is 13.7 Å². The topological polar surface area (TPSA) is 59.6 Å². The summed E-state index contributed by atoms with van der Waals surface area (Å²) < 4.78 is 10.6. The minimum absolute atomic E-state index is 0.0648. The summed E-state index contributed by atoms with van der Waals surface area (Å²) in [5.74, 6) is 3.47. The summed E-state index contributed by atoms with van der Waals surface area (Å²) in [5, 5.41) is 5.57. The predicted molar refractivity (Wildman–Crippen MR) is 73.1 cm³/mol. The fourth-order valence-electron chi connectivity index (χ4n) is 1.50. The average Bonchev–Trinajstić information content (AvgIpc) is 2.43. The van der Waals surface area contributed by atoms with Gasteiger partial charge < -0.3 is 20.1 Å². The summed E-state index contributed by atoms with van der Waals surface area (Å²) in [5.41, 5.74) is 0.923. The molecule has 0 aliphatic heterocycles. The number of hydrogen-bond acceptors (Lipinski definition) is 4. The second-order valence-corrected chi connectivity index (χ2v) is 3.77. The lowest BCUT2D eigenvalue weighted by Gasteiger charge is -2.12. The van der Waals surface area contributed by atoms with E-state index in [4.69, 9.17) is 15.9 Å². The highest BCUT2D eigenvalue weighted by Crippen LogP contribution is 2.24. The van der Waals surface area contributed by atoms with Crippen LogP contribution in [0.3, 0.4) is 0 Å². The van der Waals surface area contributed by atoms with Gasteiger partial charge in [0.15, 0.2) is 6.61 Å². The molecule has 0 spiro atoms. The Morgan fingerprint density at radius 2 is 2.26 bits per heavy atom. The van der Waals surface area contributed by atoms with Gasteiger partial charge in [0.25, 0.3) is 5.91 Å². The number of benzene rings is 1. The number of ether oxygens (including phenoxy) is 2. The number of methoxy groups -OCH3 is 1. The third kappa shape index (κ3) is 4.90. The lowest BCUT2D eigenvalue weighted by molar-refractivity contribution is -0.122. The highest BCUT2D eigenvalue weighted by Gasteiger charge is 2.07. The number of carbonyl (C=O) groups excluding carboxylic acids is 1. The van der Waals surface area contributed by atoms with Gasteiger partial charge >= 0.3 is 0 Å². The minimum Gasteiger partial charge on any atom is -0.497 e. The second-order valence-electron chi connectivity index (χ2n) is 3.77. The number of hydrogen-bond donors (Lipinski definition) is 2. The molecule has 1 rings (SSSR count). The predicted octanol–water partition coefficient (Wildman–Crippen LogP) is 0.543. The highest BCUT2D eigenvalue weighted by molar-refractivity contribution is 5.77. The Hall–Kier alpha value is -2.19. The van der Waals surface area contributed by atoms with Gasteiger partial charge in [-0.2, -0.15) is 0 Å². The van der Waals surface area contributed by atoms with Crippen LogP contribution in [-0.4, -0.2) is 33.2 Å². The van der Waals surface area contributed by atoms with Crippen LogP contribution in [0.5, 0.6) is 11.5 Å². The molecule has 0 atom stereocenters. The van der Waals surface area contributed by atoms with Gasteiger partial charge in [-0.1, -0.05) is 5.92 Å². The van der Waals surface area contributed by atoms with Crippen molar-refractivity contribution in [2.75, 3.05) is 27.3 Å². The zero-order valence-corrected chi connectivity index (χ0v) is 11.2. The maximum atomic E-state index is 11.4. The molecule has 5 nitrogen and oxygen atoms in total. The van der Waals surface area contributed by atoms with Crippen LogP contribution < -0.4 is 20.1 Å². The molecule has 0 heterocycles. The van der Waals surface area contributed by atoms with Crippen LogP contribution in [0, 0.1) is 12.3 Å². The molecule has 1 aromatic rings. The summed E-state index contributed by atoms with van der Waals surface area (Å²) >= 11 is 0. The first kappa shape index (κ1) is 14.9. The molecule has 2 N–H and O–H groups in total. The quantitative estimate of drug-likeness (QED) is 0.704. The van der Waals surface area contributed by atoms with Gasteiger partial charge in [-0.3, -0.25) is 4.79 Å². The van der Waals surface area contributed by atoms with E-state index in [-0.39, 0.29) is 19.1 Å². The Labute approximate surface area is 113 Å². The molecule has 0 radical (unpaired) electrons. The third-order valence-electron chi connectivity index (χ3n) is 2.38. The molecular weight excluding hydrogens is 244 g/mol. The molecule has 0 bridgehead atoms. The van der Waals surface area contributed by atoms with Crippen molar-refractivity contribution in [2.24, 2.45) is 0 Å². The van der Waals surface area contributed by atoms with Crippen molar-refractivity contribution < 1.29 is 14.3 Å². The smallest absolute Gasteiger partial charge is 0.258 e. The van der Waals surface area contributed by atoms with Crippen LogP contribution >= 0.6 is 0 Å². The van der Waals surface area contributed by atoms with E-state index in [1.165, 1.54) is 0 Å². The first-order valence-electron chi connectivity index (χ1n) is 5.85. The standard InChI is InChI=1S/C14H18N2O3/c1-4-7-16-14(17)10-19-13-6-5-12(18-3)8-11(13)9-15-2/h1,5-6,8,15H,7,9-10H2,2-3H3,(H,16,17). The van der Waals surface area contributed by atoms with Crippen molar-refractivity contribution in [3.05, 3.63) is 23.8 Å². The molecule has 102 valence electrons. The number of carbonyl (C=O) groups is 1. The summed E-state index contributed by atoms with van der Waals surface area (Å²) in [6.07, 6.45) is 5.05. The molecule has 0 saturated heterocycles. The van der Waals surface area contributed by atoms with E-state index in [9.17, 15) is 4.79 Å². The third-order valence-corrected chi connectivity index (χ3v) is 2.38. The monoisotopic (exact) mass is 262 g/mol. The highest BCUT2D eigenvalue weighted by atomic mass is 16.5. The van der Waals surface area contributed by atoms with E-state index in [1.54, 1.807) is 19.2 Å². The van der Waals surface area contributed by atoms with Gasteiger partial charge in [-0.15, -0.1) is 6.42 Å². The molecule has 0 aliphatic carbocycles. The largest absolute Gasteiger partial charge is 0.497 e. The maximum Gasteiger partial charge on any atom is 0.258 e. The Morgan fingerprint density at radius 3 is 2.89 bits per heavy atom. The van der Waals surface area contributed by atoms with Crippen molar-refractivity contribution in [3.63, 3.8) is 0 Å². The molecule has 19 heavy (non-hydrogen) atoms. The van der Waals surface area contributed by atoms with E-state index < -0.39 is 0 Å². The molecule has 5 heteroatoms. The minimum atomic E-state index is -0.246. The number of rotatable bonds is 7. The van der Waals surface area contributed by atoms with Crippen LogP contribution in [0.2, 0.25) is 0 Å². The molecule has 0 aromatic heterocycles. The normalized spacial score (nSPS) is 9.53. The summed E-state index contributed by atoms with van der Waals surface area (Å²) in [6, 6.07) is 5.43. The zero-order valence-electron chi connectivity index (χ0n) is 11.2. The van der Waals surface area contributed by atoms with Crippen molar-refractivity contribution in [2.45, 2.75) is 6.54 Å². The first-order chi connectivity index (χ1) is 9.21. The van der Waals surface area contributed by atoms with E-state index in [0.717, 1.165) is 11.3 Å². The van der Waals surface area contributed by atoms with Gasteiger partial charge in [0, 0.05) is 12.1 Å². The first-order valence-corrected chi connectivity index (χ1v) is 5.85. The van der Waals surface area contributed by atoms with Gasteiger partial charge in [0.2, 0.25) is 0 Å². The Balaban J connectivity index is 2.66. The zero-order chi connectivity index (χ0) is 14.1. The Morgan fingerprint density at radius 1 is 1.47 bits per heavy atom. The van der Waals surface area contributed by atoms with Crippen LogP contribution in [0.15, 0.2) is 18.2 Å². The molecule has 0 saturated carbocycles. The van der Waals surface area contributed by atoms with Crippen LogP contribution in [0.1, 0.15) is 5.56 Å². The van der Waals surface area contributed by atoms with Crippen molar-refractivity contribution >= 4 is 5.91 Å². The number of terminal acetylenes is 1. The van der Waals surface area contributed by atoms with Gasteiger partial charge in [-0.05, 0) is 25.2 Å². The van der Waals surface area contributed by atoms with Gasteiger partial charge in [-0.25, -0.2) is 0 Å². The summed E-state index contributed by atoms with van der Waals surface area (Å²) in [6.45, 7) is 0.761. The Kier molecular flexibility index (Phi) is 6.27. The van der Waals surface area contributed by atoms with E-state index >= 15 is 0 Å². The molecule has 0 fully saturated rings. The van der Waals surface area contributed by atoms with E-state index in [1.807, 2.05) is 13.1 Å². The van der Waals surface area contributed by atoms with Crippen LogP contribution in [0.4, 0.5) is 0 Å². The molecule has 0 aliphatic rings. The fraction of sp³-hybridized carbons (Fsp3) is 0.357. The van der Waals surface area contributed by atoms with Crippen molar-refractivity contribution in [1.82, 2.24) is 10.6 Å². The lowest BCUT2D eigenvalue weighted by atomic mass is 10.2. The van der Waals surface area contributed by atoms with Gasteiger partial charge in [0.1, 0.15) is 11.5 Å². The number of amides is 1. The van der Waals surface area contributed by atoms with E-state index in [2.05, 4.69) is 16.6 Å². The summed E-state index contributed by atoms with van der Waals surface area (Å²) in [4.78, 5) is 11.4. The van der Waals surface area contributed by atoms with Crippen LogP contribution in [-0.2, 0) is 11.3 Å². The average molecular weight is 262 g/mol. The van der Waals surface area contributed by atoms with E-state index in [0.29, 0.717) is 12.3 Å². The Bertz CT molecular complexity index is 466. The maximum absolute atomic E-state index is 11.4. The molecule has 1 amide bonds. The van der Waals surface area contributed by atoms with Crippen molar-refractivity contribution in [3.8, 4) is 23.8 Å². The second kappa shape index (κ2) is 8.01. The summed E-state index contributed by atoms with van der Waals surface area (Å²) in [7, 11) is 3.44. The molecular formula is C14H18N2O3. The SMILES string of the molecule is C#CCNC(=O)COc1ccc(OC)cc1CNC. The fourth-order valence-corrected chi connectivity index (χ4v) is 1.50. The number of nitrogens with one attached hydrogen (secondary N) is 2. The lowest BCUT2D eigenvalue weighted by Crippen LogP contribution is -2.29. The molecule has 1 aromatic carbocycles. The molecule has 0 unspecified atom stereocenters.